The average Bonchev–Trinajstić information content (AvgIpc) is 2.77. The molecule has 31 heavy (non-hydrogen) atoms. The summed E-state index contributed by atoms with van der Waals surface area (Å²) in [5.74, 6) is -0.570. The van der Waals surface area contributed by atoms with Gasteiger partial charge in [-0.25, -0.2) is 4.39 Å². The number of halogens is 1. The van der Waals surface area contributed by atoms with Gasteiger partial charge >= 0.3 is 0 Å². The quantitative estimate of drug-likeness (QED) is 0.312. The van der Waals surface area contributed by atoms with Crippen molar-refractivity contribution < 1.29 is 14.0 Å². The van der Waals surface area contributed by atoms with Crippen LogP contribution < -0.4 is 16.4 Å². The van der Waals surface area contributed by atoms with Crippen LogP contribution in [0.1, 0.15) is 32.1 Å². The van der Waals surface area contributed by atoms with Gasteiger partial charge in [0.25, 0.3) is 0 Å². The Bertz CT molecular complexity index is 1020. The SMILES string of the molecule is Nc1ccc(-c2ccccc2)cc1NC(=O)CCCCCC(=O)Nc1ccc(F)cc1. The van der Waals surface area contributed by atoms with Gasteiger partial charge < -0.3 is 16.4 Å². The minimum atomic E-state index is -0.343. The van der Waals surface area contributed by atoms with Crippen molar-refractivity contribution in [1.82, 2.24) is 0 Å². The molecule has 0 radical (unpaired) electrons. The van der Waals surface area contributed by atoms with Gasteiger partial charge in [-0.1, -0.05) is 42.8 Å². The van der Waals surface area contributed by atoms with Crippen LogP contribution in [0.5, 0.6) is 0 Å². The Balaban J connectivity index is 1.39. The van der Waals surface area contributed by atoms with Crippen LogP contribution in [0.15, 0.2) is 72.8 Å². The molecule has 2 amide bonds. The van der Waals surface area contributed by atoms with E-state index in [4.69, 9.17) is 5.73 Å². The summed E-state index contributed by atoms with van der Waals surface area (Å²) in [5.41, 5.74) is 9.74. The van der Waals surface area contributed by atoms with Crippen molar-refractivity contribution in [2.75, 3.05) is 16.4 Å². The van der Waals surface area contributed by atoms with E-state index in [0.717, 1.165) is 17.5 Å². The number of unbranched alkanes of at least 4 members (excludes halogenated alkanes) is 2. The first kappa shape index (κ1) is 22.0. The smallest absolute Gasteiger partial charge is 0.224 e. The second-order valence-electron chi connectivity index (χ2n) is 7.33. The molecule has 3 rings (SSSR count). The summed E-state index contributed by atoms with van der Waals surface area (Å²) in [5, 5.41) is 5.61. The molecule has 0 spiro atoms. The Labute approximate surface area is 181 Å². The van der Waals surface area contributed by atoms with E-state index in [1.54, 1.807) is 6.07 Å². The summed E-state index contributed by atoms with van der Waals surface area (Å²) in [4.78, 5) is 24.2. The van der Waals surface area contributed by atoms with Crippen LogP contribution in [0.3, 0.4) is 0 Å². The summed E-state index contributed by atoms with van der Waals surface area (Å²) in [6.07, 6.45) is 2.81. The molecule has 0 saturated carbocycles. The molecule has 3 aromatic rings. The van der Waals surface area contributed by atoms with Gasteiger partial charge in [0, 0.05) is 18.5 Å². The Kier molecular flexibility index (Phi) is 7.76. The normalized spacial score (nSPS) is 10.5. The van der Waals surface area contributed by atoms with Gasteiger partial charge in [-0.05, 0) is 60.4 Å². The molecule has 160 valence electrons. The van der Waals surface area contributed by atoms with E-state index in [0.29, 0.717) is 42.7 Å². The Hall–Kier alpha value is -3.67. The largest absolute Gasteiger partial charge is 0.397 e. The number of hydrogen-bond acceptors (Lipinski definition) is 3. The third kappa shape index (κ3) is 6.96. The van der Waals surface area contributed by atoms with E-state index in [9.17, 15) is 14.0 Å². The molecule has 0 atom stereocenters. The molecule has 0 fully saturated rings. The van der Waals surface area contributed by atoms with Gasteiger partial charge in [0.1, 0.15) is 5.82 Å². The van der Waals surface area contributed by atoms with Crippen molar-refractivity contribution in [1.29, 1.82) is 0 Å². The first-order valence-electron chi connectivity index (χ1n) is 10.3. The molecule has 0 aliphatic heterocycles. The zero-order valence-corrected chi connectivity index (χ0v) is 17.2. The Morgan fingerprint density at radius 1 is 0.742 bits per heavy atom. The first-order valence-corrected chi connectivity index (χ1v) is 10.3. The number of rotatable bonds is 9. The van der Waals surface area contributed by atoms with Crippen molar-refractivity contribution in [2.24, 2.45) is 0 Å². The van der Waals surface area contributed by atoms with Gasteiger partial charge in [-0.3, -0.25) is 9.59 Å². The number of hydrogen-bond donors (Lipinski definition) is 3. The van der Waals surface area contributed by atoms with Crippen molar-refractivity contribution >= 4 is 28.9 Å². The average molecular weight is 420 g/mol. The molecule has 0 saturated heterocycles. The minimum Gasteiger partial charge on any atom is -0.397 e. The third-order valence-corrected chi connectivity index (χ3v) is 4.87. The van der Waals surface area contributed by atoms with E-state index in [1.807, 2.05) is 42.5 Å². The first-order chi connectivity index (χ1) is 15.0. The summed E-state index contributed by atoms with van der Waals surface area (Å²) in [6.45, 7) is 0. The van der Waals surface area contributed by atoms with Crippen LogP contribution in [0.25, 0.3) is 11.1 Å². The zero-order valence-electron chi connectivity index (χ0n) is 17.2. The van der Waals surface area contributed by atoms with Crippen molar-refractivity contribution in [3.05, 3.63) is 78.6 Å². The Morgan fingerprint density at radius 3 is 2.06 bits per heavy atom. The van der Waals surface area contributed by atoms with Crippen LogP contribution in [0, 0.1) is 5.82 Å². The standard InChI is InChI=1S/C25H26FN3O2/c26-20-12-14-21(15-13-20)28-24(30)9-5-2-6-10-25(31)29-23-17-19(11-16-22(23)27)18-7-3-1-4-8-18/h1,3-4,7-8,11-17H,2,5-6,9-10,27H2,(H,28,30)(H,29,31). The summed E-state index contributed by atoms with van der Waals surface area (Å²) >= 11 is 0. The van der Waals surface area contributed by atoms with Crippen molar-refractivity contribution in [3.8, 4) is 11.1 Å². The number of amides is 2. The second kappa shape index (κ2) is 10.9. The molecule has 4 N–H and O–H groups in total. The lowest BCUT2D eigenvalue weighted by Gasteiger charge is -2.11. The predicted molar refractivity (Wildman–Crippen MR) is 123 cm³/mol. The van der Waals surface area contributed by atoms with E-state index in [-0.39, 0.29) is 17.6 Å². The molecule has 0 heterocycles. The van der Waals surface area contributed by atoms with Gasteiger partial charge in [0.2, 0.25) is 11.8 Å². The maximum atomic E-state index is 12.9. The monoisotopic (exact) mass is 419 g/mol. The summed E-state index contributed by atoms with van der Waals surface area (Å²) in [6, 6.07) is 21.1. The molecule has 0 aliphatic carbocycles. The maximum Gasteiger partial charge on any atom is 0.224 e. The fourth-order valence-electron chi connectivity index (χ4n) is 3.19. The highest BCUT2D eigenvalue weighted by atomic mass is 19.1. The third-order valence-electron chi connectivity index (χ3n) is 4.87. The summed E-state index contributed by atoms with van der Waals surface area (Å²) < 4.78 is 12.9. The van der Waals surface area contributed by atoms with E-state index in [2.05, 4.69) is 10.6 Å². The van der Waals surface area contributed by atoms with E-state index < -0.39 is 0 Å². The molecule has 0 aromatic heterocycles. The lowest BCUT2D eigenvalue weighted by atomic mass is 10.0. The number of nitrogens with two attached hydrogens (primary N) is 1. The van der Waals surface area contributed by atoms with Crippen molar-refractivity contribution in [2.45, 2.75) is 32.1 Å². The molecule has 0 bridgehead atoms. The number of carbonyl (C=O) groups excluding carboxylic acids is 2. The van der Waals surface area contributed by atoms with Gasteiger partial charge in [0.05, 0.1) is 11.4 Å². The van der Waals surface area contributed by atoms with Crippen LogP contribution in [0.4, 0.5) is 21.5 Å². The predicted octanol–water partition coefficient (Wildman–Crippen LogP) is 5.60. The number of carbonyl (C=O) groups is 2. The van der Waals surface area contributed by atoms with Crippen LogP contribution in [-0.2, 0) is 9.59 Å². The minimum absolute atomic E-state index is 0.104. The van der Waals surface area contributed by atoms with E-state index in [1.165, 1.54) is 24.3 Å². The van der Waals surface area contributed by atoms with E-state index >= 15 is 0 Å². The highest BCUT2D eigenvalue weighted by Crippen LogP contribution is 2.27. The molecule has 5 nitrogen and oxygen atoms in total. The maximum absolute atomic E-state index is 12.9. The molecule has 6 heteroatoms. The summed E-state index contributed by atoms with van der Waals surface area (Å²) in [7, 11) is 0. The second-order valence-corrected chi connectivity index (χ2v) is 7.33. The highest BCUT2D eigenvalue weighted by Gasteiger charge is 2.08. The number of anilines is 3. The topological polar surface area (TPSA) is 84.2 Å². The molecule has 3 aromatic carbocycles. The van der Waals surface area contributed by atoms with Crippen molar-refractivity contribution in [3.63, 3.8) is 0 Å². The van der Waals surface area contributed by atoms with Crippen LogP contribution >= 0.6 is 0 Å². The van der Waals surface area contributed by atoms with Gasteiger partial charge in [0.15, 0.2) is 0 Å². The number of benzene rings is 3. The fraction of sp³-hybridized carbons (Fsp3) is 0.200. The molecular formula is C25H26FN3O2. The fourth-order valence-corrected chi connectivity index (χ4v) is 3.19. The molecule has 0 aliphatic rings. The van der Waals surface area contributed by atoms with Crippen LogP contribution in [0.2, 0.25) is 0 Å². The highest BCUT2D eigenvalue weighted by molar-refractivity contribution is 5.95. The molecule has 0 unspecified atom stereocenters. The number of nitrogens with one attached hydrogen (secondary N) is 2. The van der Waals surface area contributed by atoms with Gasteiger partial charge in [-0.2, -0.15) is 0 Å². The van der Waals surface area contributed by atoms with Crippen LogP contribution in [-0.4, -0.2) is 11.8 Å². The zero-order chi connectivity index (χ0) is 22.1. The lowest BCUT2D eigenvalue weighted by Crippen LogP contribution is -2.13. The lowest BCUT2D eigenvalue weighted by molar-refractivity contribution is -0.116. The molecular weight excluding hydrogens is 393 g/mol. The number of nitrogen functional groups attached to an aromatic ring is 1. The Morgan fingerprint density at radius 2 is 1.39 bits per heavy atom. The van der Waals surface area contributed by atoms with Gasteiger partial charge in [-0.15, -0.1) is 0 Å².